The summed E-state index contributed by atoms with van der Waals surface area (Å²) in [5, 5.41) is 4.78. The summed E-state index contributed by atoms with van der Waals surface area (Å²) in [5.41, 5.74) is 3.07. The van der Waals surface area contributed by atoms with Gasteiger partial charge in [-0.1, -0.05) is 30.3 Å². The maximum Gasteiger partial charge on any atom is 0.249 e. The fourth-order valence-corrected chi connectivity index (χ4v) is 4.95. The largest absolute Gasteiger partial charge is 0.468 e. The first kappa shape index (κ1) is 21.9. The summed E-state index contributed by atoms with van der Waals surface area (Å²) in [6.45, 7) is 8.65. The average molecular weight is 478 g/mol. The van der Waals surface area contributed by atoms with E-state index in [1.807, 2.05) is 53.1 Å². The van der Waals surface area contributed by atoms with Gasteiger partial charge in [-0.05, 0) is 48.1 Å². The quantitative estimate of drug-likeness (QED) is 0.376. The molecular weight excluding hydrogens is 454 g/mol. The molecule has 6 bridgehead atoms. The highest BCUT2D eigenvalue weighted by Gasteiger charge is 2.34. The zero-order valence-electron chi connectivity index (χ0n) is 19.5. The van der Waals surface area contributed by atoms with Crippen LogP contribution in [0.1, 0.15) is 24.1 Å². The van der Waals surface area contributed by atoms with Crippen LogP contribution in [0.25, 0.3) is 15.6 Å². The third-order valence-electron chi connectivity index (χ3n) is 6.79. The molecule has 4 aromatic rings. The number of carbonyl (C=O) groups excluding carboxylic acids is 2. The van der Waals surface area contributed by atoms with Gasteiger partial charge in [-0.3, -0.25) is 9.59 Å². The van der Waals surface area contributed by atoms with Crippen LogP contribution in [0, 0.1) is 6.57 Å². The number of carbonyl (C=O) groups is 2. The minimum atomic E-state index is -0.544. The van der Waals surface area contributed by atoms with E-state index in [2.05, 4.69) is 15.1 Å². The van der Waals surface area contributed by atoms with Gasteiger partial charge >= 0.3 is 0 Å². The Kier molecular flexibility index (Phi) is 5.38. The number of nitrogens with zero attached hydrogens (tertiary/aromatic N) is 4. The van der Waals surface area contributed by atoms with Crippen molar-refractivity contribution in [1.82, 2.24) is 14.9 Å². The third kappa shape index (κ3) is 3.95. The summed E-state index contributed by atoms with van der Waals surface area (Å²) < 4.78 is 8.22. The molecule has 178 valence electrons. The lowest BCUT2D eigenvalue weighted by Gasteiger charge is -2.20. The van der Waals surface area contributed by atoms with E-state index in [1.165, 1.54) is 0 Å². The van der Waals surface area contributed by atoms with Crippen LogP contribution in [0.2, 0.25) is 0 Å². The topological polar surface area (TPSA) is 80.8 Å². The van der Waals surface area contributed by atoms with E-state index in [0.29, 0.717) is 43.1 Å². The van der Waals surface area contributed by atoms with Gasteiger partial charge in [0, 0.05) is 36.8 Å². The molecule has 2 aliphatic rings. The Morgan fingerprint density at radius 1 is 1.08 bits per heavy atom. The van der Waals surface area contributed by atoms with Crippen molar-refractivity contribution in [2.45, 2.75) is 31.8 Å². The minimum Gasteiger partial charge on any atom is -0.468 e. The summed E-state index contributed by atoms with van der Waals surface area (Å²) in [6.07, 6.45) is 4.81. The van der Waals surface area contributed by atoms with Crippen LogP contribution in [0.3, 0.4) is 0 Å². The van der Waals surface area contributed by atoms with E-state index in [4.69, 9.17) is 11.3 Å². The summed E-state index contributed by atoms with van der Waals surface area (Å²) in [7, 11) is 0. The van der Waals surface area contributed by atoms with Gasteiger partial charge in [0.1, 0.15) is 17.5 Å². The monoisotopic (exact) mass is 477 g/mol. The van der Waals surface area contributed by atoms with E-state index in [1.54, 1.807) is 23.5 Å². The van der Waals surface area contributed by atoms with E-state index in [9.17, 15) is 9.59 Å². The molecule has 1 N–H and O–H groups in total. The van der Waals surface area contributed by atoms with Crippen LogP contribution >= 0.6 is 0 Å². The molecule has 0 unspecified atom stereocenters. The first-order chi connectivity index (χ1) is 17.6. The maximum absolute atomic E-state index is 13.3. The van der Waals surface area contributed by atoms with Gasteiger partial charge in [0.05, 0.1) is 18.6 Å². The number of ether oxygens (including phenoxy) is 1. The van der Waals surface area contributed by atoms with Gasteiger partial charge < -0.3 is 19.5 Å². The van der Waals surface area contributed by atoms with Crippen LogP contribution in [0.5, 0.6) is 11.5 Å². The predicted molar refractivity (Wildman–Crippen MR) is 135 cm³/mol. The van der Waals surface area contributed by atoms with Crippen LogP contribution in [-0.2, 0) is 22.6 Å². The van der Waals surface area contributed by atoms with Crippen molar-refractivity contribution < 1.29 is 14.3 Å². The number of fused-ring (bicyclic) bond motifs is 7. The summed E-state index contributed by atoms with van der Waals surface area (Å²) in [6, 6.07) is 16.5. The third-order valence-corrected chi connectivity index (χ3v) is 6.79. The fraction of sp³-hybridized carbons (Fsp3) is 0.214. The Labute approximate surface area is 207 Å². The number of benzene rings is 3. The Morgan fingerprint density at radius 2 is 2.00 bits per heavy atom. The van der Waals surface area contributed by atoms with E-state index >= 15 is 0 Å². The number of anilines is 1. The molecule has 3 aromatic carbocycles. The SMILES string of the molecule is [C-]#[N+]c1ccc2cc1Oc1ccc3cccc(c3c1)N1CC[C@@H](NC(=O)CCc3cncn3C2)C1=O. The molecule has 3 heterocycles. The first-order valence-electron chi connectivity index (χ1n) is 11.9. The van der Waals surface area contributed by atoms with Crippen LogP contribution < -0.4 is 15.0 Å². The minimum absolute atomic E-state index is 0.115. The van der Waals surface area contributed by atoms with Crippen molar-refractivity contribution in [3.05, 3.63) is 89.8 Å². The summed E-state index contributed by atoms with van der Waals surface area (Å²) >= 11 is 0. The Bertz CT molecular complexity index is 1550. The smallest absolute Gasteiger partial charge is 0.249 e. The highest BCUT2D eigenvalue weighted by atomic mass is 16.5. The molecule has 2 aliphatic heterocycles. The molecule has 1 atom stereocenters. The molecule has 0 aliphatic carbocycles. The van der Waals surface area contributed by atoms with Gasteiger partial charge in [0.25, 0.3) is 0 Å². The molecule has 1 aromatic heterocycles. The molecule has 2 amide bonds. The van der Waals surface area contributed by atoms with Gasteiger partial charge in [-0.2, -0.15) is 0 Å². The Hall–Kier alpha value is -4.64. The molecule has 0 spiro atoms. The maximum atomic E-state index is 13.3. The van der Waals surface area contributed by atoms with Crippen molar-refractivity contribution in [2.24, 2.45) is 0 Å². The molecular formula is C28H23N5O3. The van der Waals surface area contributed by atoms with Gasteiger partial charge in [-0.15, -0.1) is 0 Å². The van der Waals surface area contributed by atoms with Crippen molar-refractivity contribution in [3.63, 3.8) is 0 Å². The van der Waals surface area contributed by atoms with Crippen LogP contribution in [0.15, 0.2) is 67.1 Å². The van der Waals surface area contributed by atoms with E-state index < -0.39 is 6.04 Å². The molecule has 0 saturated carbocycles. The number of rotatable bonds is 0. The van der Waals surface area contributed by atoms with Crippen molar-refractivity contribution in [1.29, 1.82) is 0 Å². The number of aryl methyl sites for hydroxylation is 1. The Morgan fingerprint density at radius 3 is 2.89 bits per heavy atom. The Balaban J connectivity index is 1.47. The number of amides is 2. The van der Waals surface area contributed by atoms with Crippen molar-refractivity contribution in [3.8, 4) is 11.5 Å². The molecule has 6 rings (SSSR count). The summed E-state index contributed by atoms with van der Waals surface area (Å²) in [5.74, 6) is 0.787. The average Bonchev–Trinajstić information content (AvgIpc) is 3.48. The fourth-order valence-electron chi connectivity index (χ4n) is 4.95. The number of hydrogen-bond acceptors (Lipinski definition) is 4. The second kappa shape index (κ2) is 8.86. The number of aromatic nitrogens is 2. The molecule has 8 heteroatoms. The highest BCUT2D eigenvalue weighted by Crippen LogP contribution is 2.37. The number of hydrogen-bond donors (Lipinski definition) is 1. The second-order valence-electron chi connectivity index (χ2n) is 9.09. The van der Waals surface area contributed by atoms with Gasteiger partial charge in [-0.25, -0.2) is 9.83 Å². The molecule has 36 heavy (non-hydrogen) atoms. The second-order valence-corrected chi connectivity index (χ2v) is 9.09. The van der Waals surface area contributed by atoms with Crippen molar-refractivity contribution >= 4 is 34.0 Å². The zero-order valence-corrected chi connectivity index (χ0v) is 19.5. The normalized spacial score (nSPS) is 17.6. The number of imidazole rings is 1. The van der Waals surface area contributed by atoms with Crippen molar-refractivity contribution in [2.75, 3.05) is 11.4 Å². The van der Waals surface area contributed by atoms with Crippen LogP contribution in [0.4, 0.5) is 11.4 Å². The lowest BCUT2D eigenvalue weighted by atomic mass is 10.1. The number of nitrogens with one attached hydrogen (secondary N) is 1. The molecule has 1 saturated heterocycles. The van der Waals surface area contributed by atoms with Crippen LogP contribution in [-0.4, -0.2) is 34.0 Å². The van der Waals surface area contributed by atoms with Gasteiger partial charge in [0.2, 0.25) is 17.5 Å². The highest BCUT2D eigenvalue weighted by molar-refractivity contribution is 6.08. The summed E-state index contributed by atoms with van der Waals surface area (Å²) in [4.78, 5) is 35.6. The first-order valence-corrected chi connectivity index (χ1v) is 11.9. The van der Waals surface area contributed by atoms with E-state index in [-0.39, 0.29) is 18.2 Å². The standard InChI is InChI=1S/C28H23N5O3/c1-29-23-9-5-18-13-26(23)36-21-8-6-19-3-2-4-25(22(19)14-21)33-12-11-24(28(33)35)31-27(34)10-7-20-15-30-17-32(20)16-18/h2-6,8-9,13-15,17,24H,7,10-12,16H2,(H,31,34)/t24-/m1/s1. The molecule has 0 radical (unpaired) electrons. The van der Waals surface area contributed by atoms with Gasteiger partial charge in [0.15, 0.2) is 0 Å². The predicted octanol–water partition coefficient (Wildman–Crippen LogP) is 4.60. The molecule has 1 fully saturated rings. The lowest BCUT2D eigenvalue weighted by Crippen LogP contribution is -2.41. The zero-order chi connectivity index (χ0) is 24.6. The molecule has 8 nitrogen and oxygen atoms in total. The lowest BCUT2D eigenvalue weighted by molar-refractivity contribution is -0.126. The van der Waals surface area contributed by atoms with E-state index in [0.717, 1.165) is 27.7 Å².